The molecule has 1 atom stereocenters. The Morgan fingerprint density at radius 3 is 2.64 bits per heavy atom. The monoisotopic (exact) mass is 156 g/mol. The zero-order chi connectivity index (χ0) is 8.27. The second kappa shape index (κ2) is 3.60. The van der Waals surface area contributed by atoms with Gasteiger partial charge in [0.1, 0.15) is 6.10 Å². The molecule has 0 aliphatic carbocycles. The number of amidine groups is 1. The Hall–Kier alpha value is -0.730. The minimum absolute atomic E-state index is 0.241. The number of ether oxygens (including phenoxy) is 1. The van der Waals surface area contributed by atoms with Gasteiger partial charge in [0.15, 0.2) is 0 Å². The molecule has 0 aromatic carbocycles. The Kier molecular flexibility index (Phi) is 2.74. The van der Waals surface area contributed by atoms with E-state index in [2.05, 4.69) is 18.8 Å². The van der Waals surface area contributed by atoms with Crippen molar-refractivity contribution in [1.82, 2.24) is 0 Å². The van der Waals surface area contributed by atoms with Gasteiger partial charge in [-0.05, 0) is 18.8 Å². The Morgan fingerprint density at radius 1 is 1.64 bits per heavy atom. The number of aliphatic imine (C=N–C) groups is 1. The van der Waals surface area contributed by atoms with Crippen molar-refractivity contribution in [3.63, 3.8) is 0 Å². The van der Waals surface area contributed by atoms with Gasteiger partial charge in [-0.2, -0.15) is 0 Å². The highest BCUT2D eigenvalue weighted by molar-refractivity contribution is 5.73. The standard InChI is InChI=1S/C8H16N2O/c1-3-6(4-2)7-5-10-8(9)11-7/h6-7H,3-5H2,1-2H3,(H2,9,10). The summed E-state index contributed by atoms with van der Waals surface area (Å²) in [6, 6.07) is 0.363. The molecule has 3 nitrogen and oxygen atoms in total. The van der Waals surface area contributed by atoms with Crippen molar-refractivity contribution >= 4 is 6.02 Å². The maximum atomic E-state index is 5.40. The highest BCUT2D eigenvalue weighted by Gasteiger charge is 2.24. The highest BCUT2D eigenvalue weighted by Crippen LogP contribution is 2.19. The predicted molar refractivity (Wildman–Crippen MR) is 45.4 cm³/mol. The molecule has 3 heteroatoms. The summed E-state index contributed by atoms with van der Waals surface area (Å²) in [5.41, 5.74) is 5.40. The predicted octanol–water partition coefficient (Wildman–Crippen LogP) is 1.14. The Balaban J connectivity index is 2.38. The minimum Gasteiger partial charge on any atom is -0.460 e. The Bertz CT molecular complexity index is 152. The van der Waals surface area contributed by atoms with Crippen molar-refractivity contribution in [2.75, 3.05) is 6.54 Å². The molecule has 0 fully saturated rings. The zero-order valence-electron chi connectivity index (χ0n) is 7.21. The lowest BCUT2D eigenvalue weighted by Crippen LogP contribution is -2.25. The molecule has 64 valence electrons. The second-order valence-corrected chi connectivity index (χ2v) is 2.91. The molecule has 0 bridgehead atoms. The van der Waals surface area contributed by atoms with Crippen LogP contribution in [-0.4, -0.2) is 18.7 Å². The third-order valence-electron chi connectivity index (χ3n) is 2.27. The summed E-state index contributed by atoms with van der Waals surface area (Å²) >= 11 is 0. The lowest BCUT2D eigenvalue weighted by Gasteiger charge is -2.18. The largest absolute Gasteiger partial charge is 0.460 e. The van der Waals surface area contributed by atoms with Crippen LogP contribution in [0.15, 0.2) is 4.99 Å². The van der Waals surface area contributed by atoms with Crippen molar-refractivity contribution in [1.29, 1.82) is 0 Å². The fourth-order valence-corrected chi connectivity index (χ4v) is 1.47. The molecule has 0 saturated heterocycles. The maximum absolute atomic E-state index is 5.40. The molecular formula is C8H16N2O. The van der Waals surface area contributed by atoms with E-state index in [9.17, 15) is 0 Å². The van der Waals surface area contributed by atoms with Crippen molar-refractivity contribution in [3.05, 3.63) is 0 Å². The first kappa shape index (κ1) is 8.37. The molecular weight excluding hydrogens is 140 g/mol. The summed E-state index contributed by atoms with van der Waals surface area (Å²) in [6.07, 6.45) is 2.53. The number of hydrogen-bond donors (Lipinski definition) is 1. The van der Waals surface area contributed by atoms with E-state index in [-0.39, 0.29) is 6.10 Å². The summed E-state index contributed by atoms with van der Waals surface area (Å²) in [6.45, 7) is 5.09. The van der Waals surface area contributed by atoms with Crippen LogP contribution in [0.1, 0.15) is 26.7 Å². The number of nitrogens with zero attached hydrogens (tertiary/aromatic N) is 1. The van der Waals surface area contributed by atoms with Crippen LogP contribution in [-0.2, 0) is 4.74 Å². The molecule has 0 aromatic rings. The van der Waals surface area contributed by atoms with Gasteiger partial charge in [0.25, 0.3) is 6.02 Å². The van der Waals surface area contributed by atoms with E-state index in [4.69, 9.17) is 10.5 Å². The summed E-state index contributed by atoms with van der Waals surface area (Å²) < 4.78 is 5.33. The third-order valence-corrected chi connectivity index (χ3v) is 2.27. The molecule has 1 rings (SSSR count). The van der Waals surface area contributed by atoms with Gasteiger partial charge in [-0.3, -0.25) is 0 Å². The zero-order valence-corrected chi connectivity index (χ0v) is 7.21. The van der Waals surface area contributed by atoms with Crippen LogP contribution >= 0.6 is 0 Å². The number of nitrogens with two attached hydrogens (primary N) is 1. The minimum atomic E-state index is 0.241. The Labute approximate surface area is 67.6 Å². The fourth-order valence-electron chi connectivity index (χ4n) is 1.47. The van der Waals surface area contributed by atoms with Crippen LogP contribution in [0.25, 0.3) is 0 Å². The highest BCUT2D eigenvalue weighted by atomic mass is 16.5. The summed E-state index contributed by atoms with van der Waals surface area (Å²) in [7, 11) is 0. The van der Waals surface area contributed by atoms with Gasteiger partial charge < -0.3 is 10.5 Å². The fraction of sp³-hybridized carbons (Fsp3) is 0.875. The average molecular weight is 156 g/mol. The van der Waals surface area contributed by atoms with Crippen LogP contribution in [0.4, 0.5) is 0 Å². The van der Waals surface area contributed by atoms with Crippen molar-refractivity contribution < 1.29 is 4.74 Å². The van der Waals surface area contributed by atoms with Crippen molar-refractivity contribution in [2.24, 2.45) is 16.6 Å². The molecule has 1 unspecified atom stereocenters. The Morgan fingerprint density at radius 2 is 2.27 bits per heavy atom. The molecule has 11 heavy (non-hydrogen) atoms. The number of rotatable bonds is 3. The molecule has 0 saturated carbocycles. The van der Waals surface area contributed by atoms with Crippen LogP contribution in [0.3, 0.4) is 0 Å². The van der Waals surface area contributed by atoms with Crippen LogP contribution in [0.2, 0.25) is 0 Å². The molecule has 0 radical (unpaired) electrons. The van der Waals surface area contributed by atoms with Gasteiger partial charge in [-0.15, -0.1) is 0 Å². The van der Waals surface area contributed by atoms with Gasteiger partial charge in [-0.1, -0.05) is 13.8 Å². The summed E-state index contributed by atoms with van der Waals surface area (Å²) in [4.78, 5) is 4.01. The molecule has 1 heterocycles. The number of hydrogen-bond acceptors (Lipinski definition) is 3. The quantitative estimate of drug-likeness (QED) is 0.666. The van der Waals surface area contributed by atoms with E-state index in [1.807, 2.05) is 0 Å². The molecule has 0 spiro atoms. The molecule has 1 aliphatic rings. The average Bonchev–Trinajstić information content (AvgIpc) is 2.39. The van der Waals surface area contributed by atoms with E-state index in [0.29, 0.717) is 11.9 Å². The van der Waals surface area contributed by atoms with E-state index >= 15 is 0 Å². The second-order valence-electron chi connectivity index (χ2n) is 2.91. The van der Waals surface area contributed by atoms with Gasteiger partial charge >= 0.3 is 0 Å². The van der Waals surface area contributed by atoms with Crippen molar-refractivity contribution in [2.45, 2.75) is 32.8 Å². The topological polar surface area (TPSA) is 47.6 Å². The van der Waals surface area contributed by atoms with E-state index in [1.54, 1.807) is 0 Å². The maximum Gasteiger partial charge on any atom is 0.282 e. The van der Waals surface area contributed by atoms with Crippen LogP contribution in [0.5, 0.6) is 0 Å². The molecule has 1 aliphatic heterocycles. The van der Waals surface area contributed by atoms with Crippen LogP contribution in [0, 0.1) is 5.92 Å². The summed E-state index contributed by atoms with van der Waals surface area (Å²) in [5, 5.41) is 0. The van der Waals surface area contributed by atoms with Gasteiger partial charge in [0, 0.05) is 0 Å². The first-order valence-electron chi connectivity index (χ1n) is 4.24. The first-order valence-corrected chi connectivity index (χ1v) is 4.24. The van der Waals surface area contributed by atoms with Crippen molar-refractivity contribution in [3.8, 4) is 0 Å². The van der Waals surface area contributed by atoms with Gasteiger partial charge in [0.05, 0.1) is 6.54 Å². The molecule has 0 amide bonds. The lowest BCUT2D eigenvalue weighted by molar-refractivity contribution is 0.143. The van der Waals surface area contributed by atoms with Gasteiger partial charge in [0.2, 0.25) is 0 Å². The van der Waals surface area contributed by atoms with Crippen LogP contribution < -0.4 is 5.73 Å². The third kappa shape index (κ3) is 1.85. The smallest absolute Gasteiger partial charge is 0.282 e. The van der Waals surface area contributed by atoms with E-state index < -0.39 is 0 Å². The van der Waals surface area contributed by atoms with Gasteiger partial charge in [-0.25, -0.2) is 4.99 Å². The normalized spacial score (nSPS) is 23.5. The molecule has 0 aromatic heterocycles. The van der Waals surface area contributed by atoms with E-state index in [1.165, 1.54) is 0 Å². The first-order chi connectivity index (χ1) is 5.27. The van der Waals surface area contributed by atoms with E-state index in [0.717, 1.165) is 19.4 Å². The molecule has 2 N–H and O–H groups in total. The SMILES string of the molecule is CCC(CC)C1CN=C(N)O1. The summed E-state index contributed by atoms with van der Waals surface area (Å²) in [5.74, 6) is 0.611. The lowest BCUT2D eigenvalue weighted by atomic mass is 9.97.